The maximum Gasteiger partial charge on any atom is 0.304 e. The number of carboxylic acids is 1. The average molecular weight is 569 g/mol. The minimum absolute atomic E-state index is 0.0199. The van der Waals surface area contributed by atoms with Gasteiger partial charge < -0.3 is 21.9 Å². The number of nitrogens with zero attached hydrogens (tertiary/aromatic N) is 1. The second-order valence-corrected chi connectivity index (χ2v) is 13.8. The van der Waals surface area contributed by atoms with Crippen LogP contribution in [0.2, 0.25) is 0 Å². The van der Waals surface area contributed by atoms with Gasteiger partial charge in [0.1, 0.15) is 0 Å². The van der Waals surface area contributed by atoms with Gasteiger partial charge in [-0.25, -0.2) is 13.1 Å². The van der Waals surface area contributed by atoms with Gasteiger partial charge in [-0.05, 0) is 63.7 Å². The Morgan fingerprint density at radius 2 is 1.64 bits per heavy atom. The van der Waals surface area contributed by atoms with Gasteiger partial charge in [0.15, 0.2) is 5.96 Å². The highest BCUT2D eigenvalue weighted by atomic mass is 35.5. The number of rotatable bonds is 9. The monoisotopic (exact) mass is 567 g/mol. The van der Waals surface area contributed by atoms with Crippen LogP contribution >= 0.6 is 23.2 Å². The molecule has 3 saturated carbocycles. The molecule has 7 atom stereocenters. The summed E-state index contributed by atoms with van der Waals surface area (Å²) >= 11 is 12.6. The van der Waals surface area contributed by atoms with Gasteiger partial charge in [-0.15, -0.1) is 23.2 Å². The fourth-order valence-electron chi connectivity index (χ4n) is 5.96. The molecule has 3 aliphatic rings. The number of hydrogen-bond donors (Lipinski definition) is 5. The third-order valence-electron chi connectivity index (χ3n) is 7.67. The number of nitrogens with two attached hydrogens (primary N) is 2. The number of carbonyl (C=O) groups excluding carboxylic acids is 1. The molecular formula is C23H39Cl2N5O5S. The summed E-state index contributed by atoms with van der Waals surface area (Å²) in [5, 5.41) is 11.3. The Labute approximate surface area is 223 Å². The number of amides is 1. The van der Waals surface area contributed by atoms with Crippen LogP contribution in [0.15, 0.2) is 4.99 Å². The maximum atomic E-state index is 13.3. The lowest BCUT2D eigenvalue weighted by Gasteiger charge is -2.36. The van der Waals surface area contributed by atoms with Crippen molar-refractivity contribution in [3.8, 4) is 0 Å². The van der Waals surface area contributed by atoms with Crippen molar-refractivity contribution in [3.05, 3.63) is 0 Å². The summed E-state index contributed by atoms with van der Waals surface area (Å²) in [6, 6.07) is -1.11. The molecule has 0 spiro atoms. The van der Waals surface area contributed by atoms with E-state index in [1.807, 2.05) is 0 Å². The van der Waals surface area contributed by atoms with E-state index in [9.17, 15) is 23.1 Å². The topological polar surface area (TPSA) is 177 Å². The molecule has 206 valence electrons. The van der Waals surface area contributed by atoms with Crippen LogP contribution < -0.4 is 21.5 Å². The van der Waals surface area contributed by atoms with Crippen LogP contribution in [0, 0.1) is 11.8 Å². The van der Waals surface area contributed by atoms with E-state index in [4.69, 9.17) is 34.7 Å². The summed E-state index contributed by atoms with van der Waals surface area (Å²) < 4.78 is 29.4. The molecule has 0 radical (unpaired) electrons. The van der Waals surface area contributed by atoms with E-state index >= 15 is 0 Å². The van der Waals surface area contributed by atoms with Crippen molar-refractivity contribution in [2.75, 3.05) is 0 Å². The smallest absolute Gasteiger partial charge is 0.304 e. The first-order valence-electron chi connectivity index (χ1n) is 12.8. The Bertz CT molecular complexity index is 907. The lowest BCUT2D eigenvalue weighted by molar-refractivity contribution is -0.137. The molecule has 0 heterocycles. The average Bonchev–Trinajstić information content (AvgIpc) is 2.77. The van der Waals surface area contributed by atoms with Crippen LogP contribution in [0.4, 0.5) is 0 Å². The highest BCUT2D eigenvalue weighted by Crippen LogP contribution is 2.35. The van der Waals surface area contributed by atoms with E-state index in [0.717, 1.165) is 19.3 Å². The van der Waals surface area contributed by atoms with Crippen LogP contribution in [0.25, 0.3) is 0 Å². The Hall–Kier alpha value is -1.30. The van der Waals surface area contributed by atoms with Gasteiger partial charge in [-0.2, -0.15) is 0 Å². The lowest BCUT2D eigenvalue weighted by Crippen LogP contribution is -2.51. The molecule has 0 aliphatic heterocycles. The molecule has 0 aromatic heterocycles. The second-order valence-electron chi connectivity index (χ2n) is 10.6. The normalized spacial score (nSPS) is 34.3. The van der Waals surface area contributed by atoms with E-state index < -0.39 is 27.3 Å². The van der Waals surface area contributed by atoms with E-state index in [2.05, 4.69) is 15.0 Å². The molecule has 0 aromatic rings. The molecule has 13 heteroatoms. The molecule has 3 aliphatic carbocycles. The first kappa shape index (κ1) is 29.3. The molecular weight excluding hydrogens is 529 g/mol. The zero-order chi connectivity index (χ0) is 26.5. The van der Waals surface area contributed by atoms with Crippen LogP contribution in [0.1, 0.15) is 77.0 Å². The van der Waals surface area contributed by atoms with Gasteiger partial charge in [-0.1, -0.05) is 12.8 Å². The van der Waals surface area contributed by atoms with E-state index in [-0.39, 0.29) is 59.4 Å². The number of nitrogens with one attached hydrogen (secondary N) is 2. The van der Waals surface area contributed by atoms with Crippen molar-refractivity contribution < 1.29 is 23.1 Å². The zero-order valence-electron chi connectivity index (χ0n) is 20.5. The molecule has 10 nitrogen and oxygen atoms in total. The van der Waals surface area contributed by atoms with Gasteiger partial charge in [0.25, 0.3) is 0 Å². The number of aliphatic carboxylic acids is 1. The van der Waals surface area contributed by atoms with Crippen molar-refractivity contribution in [2.24, 2.45) is 28.3 Å². The molecule has 0 bridgehead atoms. The first-order valence-corrected chi connectivity index (χ1v) is 15.2. The second kappa shape index (κ2) is 13.0. The van der Waals surface area contributed by atoms with Gasteiger partial charge in [-0.3, -0.25) is 14.6 Å². The van der Waals surface area contributed by atoms with E-state index in [1.165, 1.54) is 0 Å². The predicted molar refractivity (Wildman–Crippen MR) is 140 cm³/mol. The van der Waals surface area contributed by atoms with Crippen LogP contribution in [-0.2, 0) is 19.6 Å². The third kappa shape index (κ3) is 8.63. The van der Waals surface area contributed by atoms with Gasteiger partial charge in [0.05, 0.1) is 17.7 Å². The van der Waals surface area contributed by atoms with Crippen LogP contribution in [-0.4, -0.2) is 65.5 Å². The lowest BCUT2D eigenvalue weighted by atomic mass is 9.82. The summed E-state index contributed by atoms with van der Waals surface area (Å²) in [4.78, 5) is 28.7. The molecule has 0 aromatic carbocycles. The Kier molecular flexibility index (Phi) is 10.5. The van der Waals surface area contributed by atoms with Crippen LogP contribution in [0.3, 0.4) is 0 Å². The summed E-state index contributed by atoms with van der Waals surface area (Å²) in [5.41, 5.74) is 11.0. The van der Waals surface area contributed by atoms with Crippen molar-refractivity contribution in [3.63, 3.8) is 0 Å². The first-order chi connectivity index (χ1) is 16.9. The quantitative estimate of drug-likeness (QED) is 0.160. The number of alkyl halides is 2. The van der Waals surface area contributed by atoms with Crippen molar-refractivity contribution in [1.29, 1.82) is 0 Å². The Balaban J connectivity index is 1.61. The standard InChI is InChI=1S/C23H39Cl2N5O5S/c24-15-7-14(8-16(25)10-15)20(12-21(31)32)30-36(34,35)19-6-2-5-18(11-19)28-22(33)13-3-1-4-17(9-13)29-23(26)27/h13-20,30H,1-12H2,(H,28,33)(H,31,32)(H4,26,27,29). The Morgan fingerprint density at radius 3 is 2.28 bits per heavy atom. The summed E-state index contributed by atoms with van der Waals surface area (Å²) in [6.07, 6.45) is 6.41. The highest BCUT2D eigenvalue weighted by Gasteiger charge is 2.39. The van der Waals surface area contributed by atoms with E-state index in [1.54, 1.807) is 0 Å². The van der Waals surface area contributed by atoms with E-state index in [0.29, 0.717) is 44.9 Å². The van der Waals surface area contributed by atoms with Gasteiger partial charge >= 0.3 is 5.97 Å². The summed E-state index contributed by atoms with van der Waals surface area (Å²) in [7, 11) is -3.82. The SMILES string of the molecule is NC(N)=NC1CCCC(C(=O)NC2CCCC(S(=O)(=O)NC(CC(=O)O)C3CC(Cl)CC(Cl)C3)C2)C1. The predicted octanol–water partition coefficient (Wildman–Crippen LogP) is 2.02. The fourth-order valence-corrected chi connectivity index (χ4v) is 8.79. The van der Waals surface area contributed by atoms with Crippen LogP contribution in [0.5, 0.6) is 0 Å². The molecule has 36 heavy (non-hydrogen) atoms. The highest BCUT2D eigenvalue weighted by molar-refractivity contribution is 7.90. The number of aliphatic imine (C=N–C) groups is 1. The number of hydrogen-bond acceptors (Lipinski definition) is 5. The largest absolute Gasteiger partial charge is 0.481 e. The molecule has 7 unspecified atom stereocenters. The number of carbonyl (C=O) groups is 2. The fraction of sp³-hybridized carbons (Fsp3) is 0.870. The molecule has 0 saturated heterocycles. The summed E-state index contributed by atoms with van der Waals surface area (Å²) in [6.45, 7) is 0. The van der Waals surface area contributed by atoms with Crippen molar-refractivity contribution >= 4 is 51.1 Å². The number of halogens is 2. The maximum absolute atomic E-state index is 13.3. The molecule has 7 N–H and O–H groups in total. The summed E-state index contributed by atoms with van der Waals surface area (Å²) in [5.74, 6) is -1.61. The van der Waals surface area contributed by atoms with Gasteiger partial charge in [0, 0.05) is 28.8 Å². The molecule has 1 amide bonds. The van der Waals surface area contributed by atoms with Crippen molar-refractivity contribution in [1.82, 2.24) is 10.0 Å². The zero-order valence-corrected chi connectivity index (χ0v) is 22.8. The van der Waals surface area contributed by atoms with Crippen molar-refractivity contribution in [2.45, 2.75) is 111 Å². The minimum Gasteiger partial charge on any atom is -0.481 e. The minimum atomic E-state index is -3.82. The number of sulfonamides is 1. The molecule has 3 rings (SSSR count). The number of guanidine groups is 1. The van der Waals surface area contributed by atoms with Gasteiger partial charge in [0.2, 0.25) is 15.9 Å². The number of carboxylic acid groups (broad SMARTS) is 1. The molecule has 3 fully saturated rings. The Morgan fingerprint density at radius 1 is 0.972 bits per heavy atom. The third-order valence-corrected chi connectivity index (χ3v) is 10.3.